The third-order valence-corrected chi connectivity index (χ3v) is 3.54. The van der Waals surface area contributed by atoms with Crippen molar-refractivity contribution in [2.75, 3.05) is 0 Å². The fraction of sp³-hybridized carbons (Fsp3) is 0.364. The molecular formula is C11H11F3N4S. The van der Waals surface area contributed by atoms with Crippen LogP contribution in [0, 0.1) is 0 Å². The lowest BCUT2D eigenvalue weighted by atomic mass is 10.0. The largest absolute Gasteiger partial charge is 0.416 e. The molecule has 2 heterocycles. The van der Waals surface area contributed by atoms with Crippen molar-refractivity contribution in [2.45, 2.75) is 25.6 Å². The molecule has 2 aromatic heterocycles. The lowest BCUT2D eigenvalue weighted by molar-refractivity contribution is -0.138. The number of rotatable bonds is 3. The van der Waals surface area contributed by atoms with Gasteiger partial charge in [0, 0.05) is 18.0 Å². The third-order valence-electron chi connectivity index (χ3n) is 2.69. The first-order valence-electron chi connectivity index (χ1n) is 5.53. The Morgan fingerprint density at radius 2 is 2.16 bits per heavy atom. The van der Waals surface area contributed by atoms with Crippen molar-refractivity contribution >= 4 is 11.5 Å². The maximum absolute atomic E-state index is 12.9. The van der Waals surface area contributed by atoms with Crippen LogP contribution in [-0.4, -0.2) is 14.6 Å². The van der Waals surface area contributed by atoms with Gasteiger partial charge in [-0.1, -0.05) is 11.4 Å². The quantitative estimate of drug-likeness (QED) is 0.942. The third kappa shape index (κ3) is 2.74. The van der Waals surface area contributed by atoms with E-state index in [4.69, 9.17) is 5.73 Å². The molecule has 0 amide bonds. The molecule has 0 aliphatic rings. The number of aromatic nitrogens is 3. The predicted molar refractivity (Wildman–Crippen MR) is 64.6 cm³/mol. The molecular weight excluding hydrogens is 277 g/mol. The van der Waals surface area contributed by atoms with Crippen LogP contribution in [0.25, 0.3) is 0 Å². The number of hydrogen-bond donors (Lipinski definition) is 1. The van der Waals surface area contributed by atoms with Gasteiger partial charge in [0.15, 0.2) is 0 Å². The minimum atomic E-state index is -4.46. The van der Waals surface area contributed by atoms with Gasteiger partial charge in [0.05, 0.1) is 22.2 Å². The van der Waals surface area contributed by atoms with Crippen LogP contribution in [0.4, 0.5) is 13.2 Å². The lowest BCUT2D eigenvalue weighted by Gasteiger charge is -2.16. The summed E-state index contributed by atoms with van der Waals surface area (Å²) in [7, 11) is 0. The van der Waals surface area contributed by atoms with Gasteiger partial charge < -0.3 is 5.73 Å². The average molecular weight is 288 g/mol. The normalized spacial score (nSPS) is 13.5. The van der Waals surface area contributed by atoms with Crippen LogP contribution in [0.1, 0.15) is 34.7 Å². The molecule has 19 heavy (non-hydrogen) atoms. The molecule has 0 fully saturated rings. The second kappa shape index (κ2) is 5.22. The standard InChI is InChI=1S/C11H11F3N4S/c1-2-8-10(19-18-17-8)9(15)6-5-16-4-3-7(6)11(12,13)14/h3-5,9H,2,15H2,1H3. The Kier molecular flexibility index (Phi) is 3.81. The van der Waals surface area contributed by atoms with Gasteiger partial charge in [-0.05, 0) is 24.0 Å². The second-order valence-electron chi connectivity index (χ2n) is 3.88. The average Bonchev–Trinajstić information content (AvgIpc) is 2.85. The van der Waals surface area contributed by atoms with E-state index < -0.39 is 17.8 Å². The Morgan fingerprint density at radius 1 is 1.42 bits per heavy atom. The predicted octanol–water partition coefficient (Wildman–Crippen LogP) is 2.56. The van der Waals surface area contributed by atoms with Crippen LogP contribution in [0.2, 0.25) is 0 Å². The lowest BCUT2D eigenvalue weighted by Crippen LogP contribution is -2.19. The fourth-order valence-electron chi connectivity index (χ4n) is 1.75. The zero-order chi connectivity index (χ0) is 14.0. The highest BCUT2D eigenvalue weighted by Crippen LogP contribution is 2.36. The van der Waals surface area contributed by atoms with Gasteiger partial charge in [-0.3, -0.25) is 4.98 Å². The second-order valence-corrected chi connectivity index (χ2v) is 4.66. The summed E-state index contributed by atoms with van der Waals surface area (Å²) in [6.07, 6.45) is -1.64. The molecule has 0 saturated heterocycles. The molecule has 2 rings (SSSR count). The molecule has 4 nitrogen and oxygen atoms in total. The van der Waals surface area contributed by atoms with Gasteiger partial charge in [-0.15, -0.1) is 5.10 Å². The van der Waals surface area contributed by atoms with Crippen molar-refractivity contribution in [1.29, 1.82) is 0 Å². The first kappa shape index (κ1) is 13.9. The first-order chi connectivity index (χ1) is 8.95. The maximum Gasteiger partial charge on any atom is 0.416 e. The molecule has 1 unspecified atom stereocenters. The molecule has 1 atom stereocenters. The highest BCUT2D eigenvalue weighted by atomic mass is 32.1. The molecule has 0 spiro atoms. The highest BCUT2D eigenvalue weighted by molar-refractivity contribution is 7.05. The minimum Gasteiger partial charge on any atom is -0.319 e. The molecule has 2 aromatic rings. The smallest absolute Gasteiger partial charge is 0.319 e. The minimum absolute atomic E-state index is 0.0595. The molecule has 0 aromatic carbocycles. The summed E-state index contributed by atoms with van der Waals surface area (Å²) < 4.78 is 42.5. The number of hydrogen-bond acceptors (Lipinski definition) is 5. The zero-order valence-electron chi connectivity index (χ0n) is 9.98. The van der Waals surface area contributed by atoms with Crippen molar-refractivity contribution < 1.29 is 13.2 Å². The Morgan fingerprint density at radius 3 is 2.79 bits per heavy atom. The Bertz CT molecular complexity index is 567. The fourth-order valence-corrected chi connectivity index (χ4v) is 2.51. The van der Waals surface area contributed by atoms with Crippen LogP contribution in [0.3, 0.4) is 0 Å². The van der Waals surface area contributed by atoms with Gasteiger partial charge >= 0.3 is 6.18 Å². The number of aryl methyl sites for hydroxylation is 1. The van der Waals surface area contributed by atoms with Gasteiger partial charge in [0.1, 0.15) is 0 Å². The Labute approximate surface area is 111 Å². The highest BCUT2D eigenvalue weighted by Gasteiger charge is 2.35. The van der Waals surface area contributed by atoms with Crippen LogP contribution in [0.15, 0.2) is 18.5 Å². The molecule has 0 aliphatic carbocycles. The van der Waals surface area contributed by atoms with Crippen molar-refractivity contribution in [3.05, 3.63) is 40.2 Å². The number of alkyl halides is 3. The summed E-state index contributed by atoms with van der Waals surface area (Å²) in [6, 6.07) is 0.00946. The van der Waals surface area contributed by atoms with Crippen molar-refractivity contribution in [1.82, 2.24) is 14.6 Å². The summed E-state index contributed by atoms with van der Waals surface area (Å²) >= 11 is 1.02. The molecule has 102 valence electrons. The molecule has 0 saturated carbocycles. The van der Waals surface area contributed by atoms with Crippen molar-refractivity contribution in [2.24, 2.45) is 5.73 Å². The maximum atomic E-state index is 12.9. The van der Waals surface area contributed by atoms with E-state index >= 15 is 0 Å². The van der Waals surface area contributed by atoms with E-state index in [2.05, 4.69) is 14.6 Å². The van der Waals surface area contributed by atoms with E-state index in [9.17, 15) is 13.2 Å². The number of halogens is 3. The summed E-state index contributed by atoms with van der Waals surface area (Å²) in [6.45, 7) is 1.85. The molecule has 0 aliphatic heterocycles. The van der Waals surface area contributed by atoms with E-state index in [1.54, 1.807) is 0 Å². The van der Waals surface area contributed by atoms with Gasteiger partial charge in [0.2, 0.25) is 0 Å². The summed E-state index contributed by atoms with van der Waals surface area (Å²) in [4.78, 5) is 4.27. The van der Waals surface area contributed by atoms with Crippen LogP contribution >= 0.6 is 11.5 Å². The topological polar surface area (TPSA) is 64.7 Å². The number of nitrogens with two attached hydrogens (primary N) is 1. The number of nitrogens with zero attached hydrogens (tertiary/aromatic N) is 3. The van der Waals surface area contributed by atoms with Crippen LogP contribution in [0.5, 0.6) is 0 Å². The Balaban J connectivity index is 2.48. The van der Waals surface area contributed by atoms with Crippen molar-refractivity contribution in [3.8, 4) is 0 Å². The van der Waals surface area contributed by atoms with Gasteiger partial charge in [0.25, 0.3) is 0 Å². The molecule has 0 radical (unpaired) electrons. The molecule has 8 heteroatoms. The van der Waals surface area contributed by atoms with Crippen molar-refractivity contribution in [3.63, 3.8) is 0 Å². The van der Waals surface area contributed by atoms with E-state index in [1.807, 2.05) is 6.92 Å². The van der Waals surface area contributed by atoms with Crippen LogP contribution in [-0.2, 0) is 12.6 Å². The first-order valence-corrected chi connectivity index (χ1v) is 6.30. The SMILES string of the molecule is CCc1nnsc1C(N)c1cnccc1C(F)(F)F. The summed E-state index contributed by atoms with van der Waals surface area (Å²) in [5.41, 5.74) is 5.71. The number of pyridine rings is 1. The monoisotopic (exact) mass is 288 g/mol. The van der Waals surface area contributed by atoms with E-state index in [-0.39, 0.29) is 5.56 Å². The van der Waals surface area contributed by atoms with E-state index in [0.717, 1.165) is 30.0 Å². The van der Waals surface area contributed by atoms with Gasteiger partial charge in [-0.25, -0.2) is 0 Å². The van der Waals surface area contributed by atoms with E-state index in [0.29, 0.717) is 17.0 Å². The summed E-state index contributed by atoms with van der Waals surface area (Å²) in [5, 5.41) is 3.86. The van der Waals surface area contributed by atoms with Gasteiger partial charge in [-0.2, -0.15) is 13.2 Å². The molecule has 2 N–H and O–H groups in total. The summed E-state index contributed by atoms with van der Waals surface area (Å²) in [5.74, 6) is 0. The zero-order valence-corrected chi connectivity index (χ0v) is 10.8. The van der Waals surface area contributed by atoms with Crippen LogP contribution < -0.4 is 5.73 Å². The Hall–Kier alpha value is -1.54. The molecule has 0 bridgehead atoms. The van der Waals surface area contributed by atoms with E-state index in [1.165, 1.54) is 0 Å².